The summed E-state index contributed by atoms with van der Waals surface area (Å²) in [4.78, 5) is 12.5. The number of hydrogen-bond acceptors (Lipinski definition) is 8. The minimum absolute atomic E-state index is 0.0902. The highest BCUT2D eigenvalue weighted by atomic mass is 16.6. The van der Waals surface area contributed by atoms with Crippen LogP contribution in [0.4, 0.5) is 0 Å². The van der Waals surface area contributed by atoms with Crippen LogP contribution in [-0.4, -0.2) is 82.8 Å². The fraction of sp³-hybridized carbons (Fsp3) is 0.976. The second kappa shape index (κ2) is 30.8. The number of ether oxygens (including phenoxy) is 3. The van der Waals surface area contributed by atoms with Crippen LogP contribution in [0.3, 0.4) is 0 Å². The molecule has 0 aromatic heterocycles. The third-order valence-electron chi connectivity index (χ3n) is 10.4. The number of rotatable bonds is 34. The summed E-state index contributed by atoms with van der Waals surface area (Å²) in [5.74, 6) is 1.16. The smallest absolute Gasteiger partial charge is 0.306 e. The number of carbonyl (C=O) groups is 1. The number of hydrogen-bond donors (Lipinski definition) is 4. The molecule has 8 heteroatoms. The Balaban J connectivity index is 2.12. The van der Waals surface area contributed by atoms with E-state index < -0.39 is 42.6 Å². The van der Waals surface area contributed by atoms with Gasteiger partial charge in [-0.3, -0.25) is 4.79 Å². The van der Waals surface area contributed by atoms with Gasteiger partial charge in [0.25, 0.3) is 0 Å². The molecule has 8 unspecified atom stereocenters. The Hall–Kier alpha value is -0.770. The van der Waals surface area contributed by atoms with Gasteiger partial charge in [-0.1, -0.05) is 169 Å². The van der Waals surface area contributed by atoms with Crippen molar-refractivity contribution in [2.24, 2.45) is 11.8 Å². The predicted octanol–water partition coefficient (Wildman–Crippen LogP) is 8.82. The highest BCUT2D eigenvalue weighted by molar-refractivity contribution is 5.69. The zero-order valence-corrected chi connectivity index (χ0v) is 32.3. The predicted molar refractivity (Wildman–Crippen MR) is 200 cm³/mol. The van der Waals surface area contributed by atoms with Crippen LogP contribution in [0.25, 0.3) is 0 Å². The lowest BCUT2D eigenvalue weighted by Gasteiger charge is -2.24. The molecule has 1 rings (SSSR count). The van der Waals surface area contributed by atoms with Crippen molar-refractivity contribution in [2.75, 3.05) is 19.8 Å². The topological polar surface area (TPSA) is 126 Å². The maximum absolute atomic E-state index is 12.5. The lowest BCUT2D eigenvalue weighted by atomic mass is 9.96. The maximum atomic E-state index is 12.5. The molecule has 0 spiro atoms. The van der Waals surface area contributed by atoms with Crippen LogP contribution in [0.2, 0.25) is 0 Å². The molecular formula is C41H80O8. The summed E-state index contributed by atoms with van der Waals surface area (Å²) < 4.78 is 16.8. The van der Waals surface area contributed by atoms with E-state index in [1.165, 1.54) is 116 Å². The van der Waals surface area contributed by atoms with Gasteiger partial charge in [0.2, 0.25) is 0 Å². The number of aliphatic hydroxyl groups is 4. The van der Waals surface area contributed by atoms with Crippen molar-refractivity contribution in [3.63, 3.8) is 0 Å². The van der Waals surface area contributed by atoms with Gasteiger partial charge >= 0.3 is 5.97 Å². The molecular weight excluding hydrogens is 620 g/mol. The van der Waals surface area contributed by atoms with Gasteiger partial charge in [0.1, 0.15) is 30.5 Å². The first kappa shape index (κ1) is 46.3. The van der Waals surface area contributed by atoms with E-state index in [-0.39, 0.29) is 19.6 Å². The number of aliphatic hydroxyl groups excluding tert-OH is 4. The van der Waals surface area contributed by atoms with Crippen molar-refractivity contribution in [1.82, 2.24) is 0 Å². The lowest BCUT2D eigenvalue weighted by molar-refractivity contribution is -0.168. The molecule has 8 nitrogen and oxygen atoms in total. The van der Waals surface area contributed by atoms with Gasteiger partial charge in [0.15, 0.2) is 6.10 Å². The van der Waals surface area contributed by atoms with Gasteiger partial charge in [-0.15, -0.1) is 0 Å². The molecule has 292 valence electrons. The quantitative estimate of drug-likeness (QED) is 0.0388. The monoisotopic (exact) mass is 701 g/mol. The van der Waals surface area contributed by atoms with E-state index >= 15 is 0 Å². The number of esters is 1. The Bertz CT molecular complexity index is 751. The minimum Gasteiger partial charge on any atom is -0.457 e. The summed E-state index contributed by atoms with van der Waals surface area (Å²) in [6.07, 6.45) is 22.2. The van der Waals surface area contributed by atoms with Gasteiger partial charge in [-0.25, -0.2) is 0 Å². The average molecular weight is 701 g/mol. The Labute approximate surface area is 301 Å². The van der Waals surface area contributed by atoms with Gasteiger partial charge in [-0.2, -0.15) is 0 Å². The lowest BCUT2D eigenvalue weighted by Crippen LogP contribution is -2.41. The van der Waals surface area contributed by atoms with Crippen molar-refractivity contribution in [2.45, 2.75) is 225 Å². The molecule has 0 bridgehead atoms. The summed E-state index contributed by atoms with van der Waals surface area (Å²) in [6.45, 7) is 9.75. The summed E-state index contributed by atoms with van der Waals surface area (Å²) >= 11 is 0. The van der Waals surface area contributed by atoms with Crippen LogP contribution in [0, 0.1) is 11.8 Å². The fourth-order valence-corrected chi connectivity index (χ4v) is 7.01. The molecule has 4 N–H and O–H groups in total. The van der Waals surface area contributed by atoms with E-state index in [2.05, 4.69) is 27.7 Å². The molecule has 1 aliphatic carbocycles. The van der Waals surface area contributed by atoms with Gasteiger partial charge < -0.3 is 34.6 Å². The third-order valence-corrected chi connectivity index (χ3v) is 10.4. The zero-order valence-electron chi connectivity index (χ0n) is 32.3. The van der Waals surface area contributed by atoms with E-state index in [1.54, 1.807) is 0 Å². The average Bonchev–Trinajstić information content (AvgIpc) is 3.28. The molecule has 8 atom stereocenters. The van der Waals surface area contributed by atoms with Gasteiger partial charge in [-0.05, 0) is 24.7 Å². The second-order valence-electron chi connectivity index (χ2n) is 15.4. The second-order valence-corrected chi connectivity index (χ2v) is 15.4. The van der Waals surface area contributed by atoms with E-state index in [9.17, 15) is 25.2 Å². The third kappa shape index (κ3) is 23.4. The molecule has 1 fully saturated rings. The number of unbranched alkanes of at least 4 members (excludes halogenated alkanes) is 16. The summed E-state index contributed by atoms with van der Waals surface area (Å²) in [5.41, 5.74) is 0. The van der Waals surface area contributed by atoms with E-state index in [0.29, 0.717) is 13.0 Å². The normalized spacial score (nSPS) is 22.7. The van der Waals surface area contributed by atoms with Gasteiger partial charge in [0, 0.05) is 13.0 Å². The highest BCUT2D eigenvalue weighted by Crippen LogP contribution is 2.28. The van der Waals surface area contributed by atoms with E-state index in [4.69, 9.17) is 14.2 Å². The van der Waals surface area contributed by atoms with E-state index in [0.717, 1.165) is 43.9 Å². The highest BCUT2D eigenvalue weighted by Gasteiger charge is 2.52. The van der Waals surface area contributed by atoms with Gasteiger partial charge in [0.05, 0.1) is 13.2 Å². The Kier molecular flexibility index (Phi) is 29.1. The minimum atomic E-state index is -1.49. The molecule has 0 amide bonds. The summed E-state index contributed by atoms with van der Waals surface area (Å²) in [6, 6.07) is 0. The molecule has 0 aliphatic heterocycles. The Morgan fingerprint density at radius 3 is 1.49 bits per heavy atom. The first-order valence-corrected chi connectivity index (χ1v) is 20.8. The van der Waals surface area contributed by atoms with Crippen molar-refractivity contribution in [3.8, 4) is 0 Å². The maximum Gasteiger partial charge on any atom is 0.306 e. The van der Waals surface area contributed by atoms with Crippen molar-refractivity contribution in [3.05, 3.63) is 0 Å². The fourth-order valence-electron chi connectivity index (χ4n) is 7.01. The Morgan fingerprint density at radius 2 is 0.980 bits per heavy atom. The Morgan fingerprint density at radius 1 is 0.551 bits per heavy atom. The molecule has 1 saturated carbocycles. The van der Waals surface area contributed by atoms with Crippen LogP contribution in [0.15, 0.2) is 0 Å². The molecule has 1 aliphatic rings. The molecule has 49 heavy (non-hydrogen) atoms. The molecule has 0 aromatic carbocycles. The van der Waals surface area contributed by atoms with Crippen molar-refractivity contribution < 1.29 is 39.4 Å². The zero-order chi connectivity index (χ0) is 36.1. The van der Waals surface area contributed by atoms with Crippen LogP contribution in [0.5, 0.6) is 0 Å². The summed E-state index contributed by atoms with van der Waals surface area (Å²) in [7, 11) is 0. The first-order chi connectivity index (χ1) is 23.7. The van der Waals surface area contributed by atoms with Crippen LogP contribution < -0.4 is 0 Å². The van der Waals surface area contributed by atoms with Crippen LogP contribution in [0.1, 0.15) is 188 Å². The number of carbonyl (C=O) groups excluding carboxylic acids is 1. The van der Waals surface area contributed by atoms with E-state index in [1.807, 2.05) is 0 Å². The summed E-state index contributed by atoms with van der Waals surface area (Å²) in [5, 5.41) is 41.4. The SMILES string of the molecule is CCCCCCC(C)CCCCCCCCCOCC(O)COC1C(O)C(O)C(O)C1OC(=O)CCCCCCCC(C)CCCCCC. The molecule has 0 aromatic rings. The van der Waals surface area contributed by atoms with Crippen LogP contribution in [-0.2, 0) is 19.0 Å². The molecule has 0 heterocycles. The molecule has 0 radical (unpaired) electrons. The first-order valence-electron chi connectivity index (χ1n) is 20.8. The standard InChI is InChI=1S/C41H80O8/c1-5-7-9-19-25-33(3)27-21-15-12-11-13-18-24-30-47-31-35(42)32-48-40-38(45)37(44)39(46)41(40)49-36(43)29-23-17-14-16-22-28-34(4)26-20-10-8-6-2/h33-35,37-42,44-46H,5-32H2,1-4H3. The largest absolute Gasteiger partial charge is 0.457 e. The van der Waals surface area contributed by atoms with Crippen LogP contribution >= 0.6 is 0 Å². The van der Waals surface area contributed by atoms with Crippen molar-refractivity contribution >= 4 is 5.97 Å². The van der Waals surface area contributed by atoms with Crippen molar-refractivity contribution in [1.29, 1.82) is 0 Å². The molecule has 0 saturated heterocycles.